The predicted molar refractivity (Wildman–Crippen MR) is 68.1 cm³/mol. The van der Waals surface area contributed by atoms with Gasteiger partial charge in [-0.1, -0.05) is 0 Å². The molecule has 10 heteroatoms. The Balaban J connectivity index is 2.26. The number of rotatable bonds is 2. The Hall–Kier alpha value is -2.35. The monoisotopic (exact) mass is 311 g/mol. The number of aromatic nitrogens is 3. The van der Waals surface area contributed by atoms with Crippen molar-refractivity contribution in [3.8, 4) is 6.07 Å². The van der Waals surface area contributed by atoms with Crippen molar-refractivity contribution in [3.05, 3.63) is 18.3 Å². The highest BCUT2D eigenvalue weighted by Gasteiger charge is 2.59. The standard InChI is InChI=1S/C12H11F2N5O3/c13-6-2-19(10-8(6)9(16)17-5-18-10)12(3-15)7(21)1-11(14,4-20)22-12/h2,5,7,20-21H,1,4H2,(H2,16,17,18)/t7-,11+,12-/m1/s1. The van der Waals surface area contributed by atoms with E-state index >= 15 is 0 Å². The van der Waals surface area contributed by atoms with Crippen molar-refractivity contribution in [2.24, 2.45) is 0 Å². The Morgan fingerprint density at radius 3 is 2.91 bits per heavy atom. The van der Waals surface area contributed by atoms with Crippen molar-refractivity contribution in [3.63, 3.8) is 0 Å². The molecule has 3 atom stereocenters. The van der Waals surface area contributed by atoms with Gasteiger partial charge in [-0.15, -0.1) is 0 Å². The van der Waals surface area contributed by atoms with Gasteiger partial charge in [0.05, 0.1) is 5.39 Å². The Bertz CT molecular complexity index is 791. The van der Waals surface area contributed by atoms with Crippen LogP contribution in [0.3, 0.4) is 0 Å². The lowest BCUT2D eigenvalue weighted by molar-refractivity contribution is -0.208. The number of halogens is 2. The summed E-state index contributed by atoms with van der Waals surface area (Å²) in [5.74, 6) is -3.64. The average Bonchev–Trinajstić information content (AvgIpc) is 2.96. The molecule has 2 aromatic heterocycles. The van der Waals surface area contributed by atoms with Gasteiger partial charge in [-0.3, -0.25) is 4.57 Å². The summed E-state index contributed by atoms with van der Waals surface area (Å²) in [6.07, 6.45) is -0.445. The number of anilines is 1. The first kappa shape index (κ1) is 14.6. The molecule has 1 fully saturated rings. The first-order chi connectivity index (χ1) is 10.4. The summed E-state index contributed by atoms with van der Waals surface area (Å²) in [5.41, 5.74) is 3.15. The number of nitrogen functional groups attached to an aromatic ring is 1. The number of aliphatic hydroxyl groups is 2. The number of alkyl halides is 1. The molecule has 3 rings (SSSR count). The zero-order valence-corrected chi connectivity index (χ0v) is 11.1. The highest BCUT2D eigenvalue weighted by Crippen LogP contribution is 2.44. The average molecular weight is 311 g/mol. The number of hydrogen-bond donors (Lipinski definition) is 3. The number of hydrogen-bond acceptors (Lipinski definition) is 7. The van der Waals surface area contributed by atoms with Crippen LogP contribution in [-0.4, -0.2) is 43.3 Å². The number of nitriles is 1. The zero-order valence-electron chi connectivity index (χ0n) is 11.1. The molecule has 0 amide bonds. The van der Waals surface area contributed by atoms with Gasteiger partial charge in [0.2, 0.25) is 5.85 Å². The van der Waals surface area contributed by atoms with Crippen molar-refractivity contribution in [2.75, 3.05) is 12.3 Å². The minimum absolute atomic E-state index is 0.132. The molecule has 0 saturated carbocycles. The van der Waals surface area contributed by atoms with Crippen molar-refractivity contribution in [1.29, 1.82) is 5.26 Å². The number of nitrogens with zero attached hydrogens (tertiary/aromatic N) is 4. The van der Waals surface area contributed by atoms with Crippen molar-refractivity contribution in [1.82, 2.24) is 14.5 Å². The molecule has 0 aliphatic carbocycles. The van der Waals surface area contributed by atoms with Crippen molar-refractivity contribution in [2.45, 2.75) is 24.1 Å². The van der Waals surface area contributed by atoms with E-state index in [0.29, 0.717) is 0 Å². The molecule has 0 unspecified atom stereocenters. The number of nitrogens with two attached hydrogens (primary N) is 1. The van der Waals surface area contributed by atoms with E-state index in [1.165, 1.54) is 0 Å². The van der Waals surface area contributed by atoms with Gasteiger partial charge in [0, 0.05) is 12.6 Å². The summed E-state index contributed by atoms with van der Waals surface area (Å²) in [5, 5.41) is 28.3. The van der Waals surface area contributed by atoms with Crippen LogP contribution < -0.4 is 5.73 Å². The summed E-state index contributed by atoms with van der Waals surface area (Å²) in [7, 11) is 0. The quantitative estimate of drug-likeness (QED) is 0.698. The molecule has 0 spiro atoms. The van der Waals surface area contributed by atoms with E-state index in [4.69, 9.17) is 15.6 Å². The number of ether oxygens (including phenoxy) is 1. The SMILES string of the molecule is N#C[C@@]1(n2cc(F)c3c(N)ncnc32)O[C@](F)(CO)C[C@H]1O. The van der Waals surface area contributed by atoms with E-state index < -0.39 is 36.5 Å². The highest BCUT2D eigenvalue weighted by molar-refractivity contribution is 5.87. The molecule has 22 heavy (non-hydrogen) atoms. The highest BCUT2D eigenvalue weighted by atomic mass is 19.2. The molecular formula is C12H11F2N5O3. The molecule has 1 aliphatic rings. The molecule has 0 aromatic carbocycles. The normalized spacial score (nSPS) is 31.5. The number of fused-ring (bicyclic) bond motifs is 1. The van der Waals surface area contributed by atoms with Crippen LogP contribution in [0.4, 0.5) is 14.6 Å². The van der Waals surface area contributed by atoms with Crippen LogP contribution in [0.2, 0.25) is 0 Å². The summed E-state index contributed by atoms with van der Waals surface area (Å²) >= 11 is 0. The van der Waals surface area contributed by atoms with Gasteiger partial charge < -0.3 is 20.7 Å². The molecule has 116 valence electrons. The van der Waals surface area contributed by atoms with Gasteiger partial charge in [-0.25, -0.2) is 18.7 Å². The lowest BCUT2D eigenvalue weighted by atomic mass is 10.1. The van der Waals surface area contributed by atoms with Crippen LogP contribution >= 0.6 is 0 Å². The van der Waals surface area contributed by atoms with E-state index in [-0.39, 0.29) is 16.9 Å². The summed E-state index contributed by atoms with van der Waals surface area (Å²) in [6, 6.07) is 1.63. The lowest BCUT2D eigenvalue weighted by Crippen LogP contribution is -2.42. The van der Waals surface area contributed by atoms with Crippen LogP contribution in [-0.2, 0) is 10.5 Å². The number of aliphatic hydroxyl groups excluding tert-OH is 2. The van der Waals surface area contributed by atoms with Gasteiger partial charge in [-0.2, -0.15) is 5.26 Å². The summed E-state index contributed by atoms with van der Waals surface area (Å²) < 4.78 is 34.1. The third-order valence-electron chi connectivity index (χ3n) is 3.61. The second kappa shape index (κ2) is 4.57. The van der Waals surface area contributed by atoms with E-state index in [1.54, 1.807) is 6.07 Å². The molecule has 3 heterocycles. The molecule has 1 saturated heterocycles. The Morgan fingerprint density at radius 2 is 2.32 bits per heavy atom. The Labute approximate surface area is 122 Å². The van der Waals surface area contributed by atoms with Crippen LogP contribution in [0.5, 0.6) is 0 Å². The van der Waals surface area contributed by atoms with Gasteiger partial charge in [0.1, 0.15) is 30.9 Å². The fourth-order valence-electron chi connectivity index (χ4n) is 2.57. The molecule has 0 radical (unpaired) electrons. The maximum atomic E-state index is 14.2. The predicted octanol–water partition coefficient (Wildman–Crippen LogP) is -0.232. The Kier molecular flexibility index (Phi) is 3.03. The largest absolute Gasteiger partial charge is 0.390 e. The maximum Gasteiger partial charge on any atom is 0.265 e. The van der Waals surface area contributed by atoms with Crippen LogP contribution in [0.1, 0.15) is 6.42 Å². The maximum absolute atomic E-state index is 14.2. The fourth-order valence-corrected chi connectivity index (χ4v) is 2.57. The molecule has 8 nitrogen and oxygen atoms in total. The third kappa shape index (κ3) is 1.77. The topological polar surface area (TPSA) is 130 Å². The van der Waals surface area contributed by atoms with Crippen LogP contribution in [0, 0.1) is 17.1 Å². The molecule has 4 N–H and O–H groups in total. The van der Waals surface area contributed by atoms with Crippen LogP contribution in [0.15, 0.2) is 12.5 Å². The third-order valence-corrected chi connectivity index (χ3v) is 3.61. The van der Waals surface area contributed by atoms with Gasteiger partial charge in [0.25, 0.3) is 5.72 Å². The fraction of sp³-hybridized carbons (Fsp3) is 0.417. The first-order valence-corrected chi connectivity index (χ1v) is 6.23. The lowest BCUT2D eigenvalue weighted by Gasteiger charge is -2.27. The van der Waals surface area contributed by atoms with Crippen molar-refractivity contribution < 1.29 is 23.7 Å². The second-order valence-electron chi connectivity index (χ2n) is 4.98. The van der Waals surface area contributed by atoms with Crippen LogP contribution in [0.25, 0.3) is 11.0 Å². The van der Waals surface area contributed by atoms with Crippen molar-refractivity contribution >= 4 is 16.9 Å². The smallest absolute Gasteiger partial charge is 0.265 e. The van der Waals surface area contributed by atoms with E-state index in [2.05, 4.69) is 9.97 Å². The molecule has 1 aliphatic heterocycles. The summed E-state index contributed by atoms with van der Waals surface area (Å²) in [6.45, 7) is -1.06. The molecule has 2 aromatic rings. The minimum atomic E-state index is -2.62. The first-order valence-electron chi connectivity index (χ1n) is 6.23. The van der Waals surface area contributed by atoms with E-state index in [9.17, 15) is 19.1 Å². The van der Waals surface area contributed by atoms with Gasteiger partial charge in [0.15, 0.2) is 11.5 Å². The van der Waals surface area contributed by atoms with E-state index in [1.807, 2.05) is 0 Å². The zero-order chi connectivity index (χ0) is 16.1. The van der Waals surface area contributed by atoms with E-state index in [0.717, 1.165) is 17.1 Å². The minimum Gasteiger partial charge on any atom is -0.390 e. The molecule has 0 bridgehead atoms. The van der Waals surface area contributed by atoms with Gasteiger partial charge >= 0.3 is 0 Å². The summed E-state index contributed by atoms with van der Waals surface area (Å²) in [4.78, 5) is 7.45. The van der Waals surface area contributed by atoms with Gasteiger partial charge in [-0.05, 0) is 0 Å². The second-order valence-corrected chi connectivity index (χ2v) is 4.98. The Morgan fingerprint density at radius 1 is 1.59 bits per heavy atom. The molecular weight excluding hydrogens is 300 g/mol.